The fourth-order valence-electron chi connectivity index (χ4n) is 7.11. The molecule has 0 aliphatic heterocycles. The van der Waals surface area contributed by atoms with Crippen molar-refractivity contribution in [1.82, 2.24) is 0 Å². The van der Waals surface area contributed by atoms with Crippen LogP contribution in [0.3, 0.4) is 0 Å². The van der Waals surface area contributed by atoms with Gasteiger partial charge in [-0.1, -0.05) is 89.0 Å². The third-order valence-electron chi connectivity index (χ3n) is 9.33. The molecular weight excluding hydrogens is 412 g/mol. The van der Waals surface area contributed by atoms with E-state index in [0.717, 1.165) is 29.1 Å². The van der Waals surface area contributed by atoms with Gasteiger partial charge in [0.1, 0.15) is 0 Å². The van der Waals surface area contributed by atoms with Gasteiger partial charge in [-0.05, 0) is 91.7 Å². The summed E-state index contributed by atoms with van der Waals surface area (Å²) in [4.78, 5) is 0. The van der Waals surface area contributed by atoms with Crippen molar-refractivity contribution in [1.29, 1.82) is 0 Å². The summed E-state index contributed by atoms with van der Waals surface area (Å²) in [5, 5.41) is 0. The molecule has 0 amide bonds. The molecule has 0 bridgehead atoms. The monoisotopic (exact) mass is 460 g/mol. The van der Waals surface area contributed by atoms with Gasteiger partial charge in [-0.3, -0.25) is 0 Å². The van der Waals surface area contributed by atoms with Crippen LogP contribution < -0.4 is 11.5 Å². The van der Waals surface area contributed by atoms with Crippen LogP contribution in [0.2, 0.25) is 0 Å². The number of anilines is 2. The minimum absolute atomic E-state index is 0.104. The number of benzene rings is 2. The van der Waals surface area contributed by atoms with Gasteiger partial charge in [-0.15, -0.1) is 0 Å². The summed E-state index contributed by atoms with van der Waals surface area (Å²) >= 11 is 0. The van der Waals surface area contributed by atoms with Crippen molar-refractivity contribution in [3.05, 3.63) is 59.7 Å². The van der Waals surface area contributed by atoms with E-state index in [1.165, 1.54) is 107 Å². The molecule has 0 saturated heterocycles. The van der Waals surface area contributed by atoms with E-state index in [9.17, 15) is 0 Å². The molecule has 0 spiro atoms. The van der Waals surface area contributed by atoms with Crippen LogP contribution in [-0.4, -0.2) is 0 Å². The molecule has 2 saturated carbocycles. The van der Waals surface area contributed by atoms with E-state index >= 15 is 0 Å². The molecule has 0 unspecified atom stereocenters. The second kappa shape index (κ2) is 12.1. The predicted molar refractivity (Wildman–Crippen MR) is 148 cm³/mol. The first-order valence-corrected chi connectivity index (χ1v) is 14.3. The molecule has 0 atom stereocenters. The summed E-state index contributed by atoms with van der Waals surface area (Å²) in [6.45, 7) is 2.31. The van der Waals surface area contributed by atoms with Gasteiger partial charge in [0.25, 0.3) is 0 Å². The van der Waals surface area contributed by atoms with Gasteiger partial charge in [0.15, 0.2) is 0 Å². The number of unbranched alkanes of at least 4 members (excludes halogenated alkanes) is 5. The Morgan fingerprint density at radius 3 is 1.62 bits per heavy atom. The standard InChI is InChI=1S/C32H48N2/c1-2-3-4-5-6-7-8-25-9-11-26(12-10-25)27-21-23-32(24-22-27,28-13-17-30(33)18-14-28)29-15-19-31(34)20-16-29/h13-20,25-27H,2-12,21-24,33-34H2,1H3/t25-,26-. The Morgan fingerprint density at radius 1 is 0.618 bits per heavy atom. The summed E-state index contributed by atoms with van der Waals surface area (Å²) in [6.07, 6.45) is 21.2. The quantitative estimate of drug-likeness (QED) is 0.275. The molecule has 0 heterocycles. The second-order valence-corrected chi connectivity index (χ2v) is 11.5. The van der Waals surface area contributed by atoms with Gasteiger partial charge >= 0.3 is 0 Å². The fourth-order valence-corrected chi connectivity index (χ4v) is 7.11. The fraction of sp³-hybridized carbons (Fsp3) is 0.625. The van der Waals surface area contributed by atoms with Gasteiger partial charge in [0.2, 0.25) is 0 Å². The number of hydrogen-bond acceptors (Lipinski definition) is 2. The lowest BCUT2D eigenvalue weighted by atomic mass is 9.60. The highest BCUT2D eigenvalue weighted by Crippen LogP contribution is 2.50. The SMILES string of the molecule is CCCCCCCC[C@H]1CC[C@H](C2CCC(c3ccc(N)cc3)(c3ccc(N)cc3)CC2)CC1. The minimum atomic E-state index is 0.104. The van der Waals surface area contributed by atoms with Gasteiger partial charge < -0.3 is 11.5 Å². The molecule has 2 aromatic carbocycles. The largest absolute Gasteiger partial charge is 0.399 e. The molecule has 2 fully saturated rings. The van der Waals surface area contributed by atoms with E-state index in [1.54, 1.807) is 0 Å². The highest BCUT2D eigenvalue weighted by molar-refractivity contribution is 5.49. The highest BCUT2D eigenvalue weighted by atomic mass is 14.6. The molecule has 0 radical (unpaired) electrons. The van der Waals surface area contributed by atoms with E-state index in [4.69, 9.17) is 11.5 Å². The summed E-state index contributed by atoms with van der Waals surface area (Å²) < 4.78 is 0. The minimum Gasteiger partial charge on any atom is -0.399 e. The molecule has 4 rings (SSSR count). The third-order valence-corrected chi connectivity index (χ3v) is 9.33. The van der Waals surface area contributed by atoms with Crippen molar-refractivity contribution in [3.63, 3.8) is 0 Å². The van der Waals surface area contributed by atoms with Crippen molar-refractivity contribution < 1.29 is 0 Å². The Kier molecular flexibility index (Phi) is 8.98. The van der Waals surface area contributed by atoms with Gasteiger partial charge in [0.05, 0.1) is 0 Å². The average Bonchev–Trinajstić information content (AvgIpc) is 2.87. The maximum absolute atomic E-state index is 6.03. The Hall–Kier alpha value is -1.96. The molecule has 2 heteroatoms. The van der Waals surface area contributed by atoms with Crippen LogP contribution in [0.1, 0.15) is 114 Å². The summed E-state index contributed by atoms with van der Waals surface area (Å²) in [6, 6.07) is 17.4. The predicted octanol–water partition coefficient (Wildman–Crippen LogP) is 8.88. The molecule has 2 aromatic rings. The first kappa shape index (κ1) is 25.1. The van der Waals surface area contributed by atoms with E-state index in [0.29, 0.717) is 0 Å². The summed E-state index contributed by atoms with van der Waals surface area (Å²) in [5.74, 6) is 2.87. The number of hydrogen-bond donors (Lipinski definition) is 2. The zero-order chi connectivity index (χ0) is 23.8. The van der Waals surface area contributed by atoms with Crippen LogP contribution in [-0.2, 0) is 5.41 Å². The summed E-state index contributed by atoms with van der Waals surface area (Å²) in [5.41, 5.74) is 16.7. The molecule has 2 nitrogen and oxygen atoms in total. The molecule has 4 N–H and O–H groups in total. The van der Waals surface area contributed by atoms with Crippen LogP contribution >= 0.6 is 0 Å². The zero-order valence-corrected chi connectivity index (χ0v) is 21.6. The van der Waals surface area contributed by atoms with Gasteiger partial charge in [-0.25, -0.2) is 0 Å². The van der Waals surface area contributed by atoms with Crippen LogP contribution in [0, 0.1) is 17.8 Å². The van der Waals surface area contributed by atoms with E-state index < -0.39 is 0 Å². The maximum Gasteiger partial charge on any atom is 0.0314 e. The van der Waals surface area contributed by atoms with E-state index in [-0.39, 0.29) is 5.41 Å². The van der Waals surface area contributed by atoms with Crippen LogP contribution in [0.15, 0.2) is 48.5 Å². The van der Waals surface area contributed by atoms with Crippen LogP contribution in [0.4, 0.5) is 11.4 Å². The summed E-state index contributed by atoms with van der Waals surface area (Å²) in [7, 11) is 0. The van der Waals surface area contributed by atoms with Crippen LogP contribution in [0.25, 0.3) is 0 Å². The van der Waals surface area contributed by atoms with Crippen molar-refractivity contribution in [2.45, 2.75) is 109 Å². The smallest absolute Gasteiger partial charge is 0.0314 e. The molecule has 0 aromatic heterocycles. The number of nitrogens with two attached hydrogens (primary N) is 2. The molecule has 2 aliphatic carbocycles. The lowest BCUT2D eigenvalue weighted by Crippen LogP contribution is -2.36. The van der Waals surface area contributed by atoms with E-state index in [2.05, 4.69) is 55.5 Å². The van der Waals surface area contributed by atoms with Gasteiger partial charge in [-0.2, -0.15) is 0 Å². The Balaban J connectivity index is 1.32. The van der Waals surface area contributed by atoms with Crippen LogP contribution in [0.5, 0.6) is 0 Å². The number of rotatable bonds is 10. The Morgan fingerprint density at radius 2 is 1.09 bits per heavy atom. The van der Waals surface area contributed by atoms with Crippen molar-refractivity contribution in [2.75, 3.05) is 11.5 Å². The van der Waals surface area contributed by atoms with Gasteiger partial charge in [0, 0.05) is 16.8 Å². The average molecular weight is 461 g/mol. The number of nitrogen functional groups attached to an aromatic ring is 2. The first-order valence-electron chi connectivity index (χ1n) is 14.3. The maximum atomic E-state index is 6.03. The highest BCUT2D eigenvalue weighted by Gasteiger charge is 2.40. The molecule has 186 valence electrons. The topological polar surface area (TPSA) is 52.0 Å². The van der Waals surface area contributed by atoms with E-state index in [1.807, 2.05) is 0 Å². The molecule has 2 aliphatic rings. The Bertz CT molecular complexity index is 790. The Labute approximate surface area is 208 Å². The zero-order valence-electron chi connectivity index (χ0n) is 21.6. The normalized spacial score (nSPS) is 23.1. The second-order valence-electron chi connectivity index (χ2n) is 11.5. The van der Waals surface area contributed by atoms with Crippen molar-refractivity contribution in [3.8, 4) is 0 Å². The van der Waals surface area contributed by atoms with Crippen molar-refractivity contribution in [2.24, 2.45) is 17.8 Å². The lowest BCUT2D eigenvalue weighted by molar-refractivity contribution is 0.140. The van der Waals surface area contributed by atoms with Crippen molar-refractivity contribution >= 4 is 11.4 Å². The molecule has 34 heavy (non-hydrogen) atoms. The third kappa shape index (κ3) is 6.18. The first-order chi connectivity index (χ1) is 16.6. The molecular formula is C32H48N2. The lowest BCUT2D eigenvalue weighted by Gasteiger charge is -2.44.